The Bertz CT molecular complexity index is 189. The van der Waals surface area contributed by atoms with Crippen LogP contribution in [0.5, 0.6) is 0 Å². The molecule has 0 N–H and O–H groups in total. The van der Waals surface area contributed by atoms with Gasteiger partial charge in [-0.1, -0.05) is 5.16 Å². The van der Waals surface area contributed by atoms with Crippen molar-refractivity contribution in [3.05, 3.63) is 0 Å². The molecule has 1 rings (SSSR count). The molecule has 0 heterocycles. The zero-order chi connectivity index (χ0) is 7.56. The third-order valence-corrected chi connectivity index (χ3v) is 1.29. The Kier molecular flexibility index (Phi) is 1.80. The van der Waals surface area contributed by atoms with Crippen molar-refractivity contribution >= 4 is 17.3 Å². The van der Waals surface area contributed by atoms with Crippen LogP contribution in [0, 0.1) is 0 Å². The first-order valence-corrected chi connectivity index (χ1v) is 2.93. The lowest BCUT2D eigenvalue weighted by atomic mass is 10.3. The van der Waals surface area contributed by atoms with Gasteiger partial charge in [0.2, 0.25) is 0 Å². The molecule has 1 fully saturated rings. The Morgan fingerprint density at radius 2 is 1.80 bits per heavy atom. The second-order valence-electron chi connectivity index (χ2n) is 1.97. The van der Waals surface area contributed by atoms with E-state index in [4.69, 9.17) is 0 Å². The summed E-state index contributed by atoms with van der Waals surface area (Å²) < 4.78 is 0. The molecule has 0 radical (unpaired) electrons. The number of oxime groups is 1. The second-order valence-corrected chi connectivity index (χ2v) is 1.97. The summed E-state index contributed by atoms with van der Waals surface area (Å²) in [5.74, 6) is -0.432. The molecule has 0 aliphatic heterocycles. The molecule has 4 nitrogen and oxygen atoms in total. The monoisotopic (exact) mass is 141 g/mol. The van der Waals surface area contributed by atoms with Crippen molar-refractivity contribution in [1.82, 2.24) is 0 Å². The van der Waals surface area contributed by atoms with E-state index in [1.807, 2.05) is 0 Å². The molecule has 0 aromatic carbocycles. The van der Waals surface area contributed by atoms with E-state index in [0.29, 0.717) is 0 Å². The summed E-state index contributed by atoms with van der Waals surface area (Å²) in [5.41, 5.74) is -0.0394. The highest BCUT2D eigenvalue weighted by molar-refractivity contribution is 6.69. The molecule has 4 heteroatoms. The van der Waals surface area contributed by atoms with Gasteiger partial charge in [0.05, 0.1) is 0 Å². The van der Waals surface area contributed by atoms with Gasteiger partial charge < -0.3 is 4.84 Å². The fraction of sp³-hybridized carbons (Fsp3) is 0.500. The molecule has 54 valence electrons. The molecule has 0 spiro atoms. The Morgan fingerprint density at radius 1 is 1.30 bits per heavy atom. The smallest absolute Gasteiger partial charge is 0.188 e. The van der Waals surface area contributed by atoms with E-state index in [-0.39, 0.29) is 30.1 Å². The lowest BCUT2D eigenvalue weighted by molar-refractivity contribution is -0.112. The van der Waals surface area contributed by atoms with Crippen LogP contribution in [0.1, 0.15) is 12.8 Å². The molecule has 0 amide bonds. The normalized spacial score (nSPS) is 17.9. The summed E-state index contributed by atoms with van der Waals surface area (Å²) in [4.78, 5) is 25.8. The van der Waals surface area contributed by atoms with Gasteiger partial charge in [0.25, 0.3) is 0 Å². The van der Waals surface area contributed by atoms with Crippen molar-refractivity contribution in [3.63, 3.8) is 0 Å². The van der Waals surface area contributed by atoms with Crippen molar-refractivity contribution in [3.8, 4) is 0 Å². The van der Waals surface area contributed by atoms with Crippen molar-refractivity contribution in [2.24, 2.45) is 5.16 Å². The Hall–Kier alpha value is -1.19. The first-order valence-electron chi connectivity index (χ1n) is 2.93. The van der Waals surface area contributed by atoms with Gasteiger partial charge in [-0.15, -0.1) is 0 Å². The molecule has 0 bridgehead atoms. The van der Waals surface area contributed by atoms with E-state index in [0.717, 1.165) is 0 Å². The third-order valence-electron chi connectivity index (χ3n) is 1.29. The summed E-state index contributed by atoms with van der Waals surface area (Å²) >= 11 is 0. The summed E-state index contributed by atoms with van der Waals surface area (Å²) in [6.45, 7) is 0. The van der Waals surface area contributed by atoms with Gasteiger partial charge in [-0.05, 0) is 0 Å². The van der Waals surface area contributed by atoms with Crippen LogP contribution in [0.15, 0.2) is 5.16 Å². The van der Waals surface area contributed by atoms with Crippen molar-refractivity contribution in [1.29, 1.82) is 0 Å². The molecule has 0 saturated heterocycles. The molecule has 10 heavy (non-hydrogen) atoms. The van der Waals surface area contributed by atoms with Gasteiger partial charge >= 0.3 is 0 Å². The van der Waals surface area contributed by atoms with Gasteiger partial charge in [-0.25, -0.2) is 0 Å². The SMILES string of the molecule is CON=C1C(=O)CCC1=O. The third kappa shape index (κ3) is 1.05. The average molecular weight is 141 g/mol. The minimum absolute atomic E-state index is 0.0394. The van der Waals surface area contributed by atoms with Gasteiger partial charge in [-0.3, -0.25) is 9.59 Å². The quantitative estimate of drug-likeness (QED) is 0.480. The Labute approximate surface area is 57.8 Å². The lowest BCUT2D eigenvalue weighted by Crippen LogP contribution is -2.13. The van der Waals surface area contributed by atoms with Crippen molar-refractivity contribution in [2.75, 3.05) is 7.11 Å². The maximum atomic E-state index is 10.7. The largest absolute Gasteiger partial charge is 0.398 e. The predicted octanol–water partition coefficient (Wildman–Crippen LogP) is -0.0792. The molecule has 0 aromatic heterocycles. The van der Waals surface area contributed by atoms with Crippen molar-refractivity contribution < 1.29 is 14.4 Å². The predicted molar refractivity (Wildman–Crippen MR) is 33.7 cm³/mol. The summed E-state index contributed by atoms with van der Waals surface area (Å²) in [5, 5.41) is 3.30. The van der Waals surface area contributed by atoms with Crippen LogP contribution in [0.4, 0.5) is 0 Å². The number of ketones is 2. The first kappa shape index (κ1) is 6.92. The van der Waals surface area contributed by atoms with E-state index < -0.39 is 0 Å². The van der Waals surface area contributed by atoms with Crippen molar-refractivity contribution in [2.45, 2.75) is 12.8 Å². The van der Waals surface area contributed by atoms with E-state index in [1.54, 1.807) is 0 Å². The van der Waals surface area contributed by atoms with E-state index in [1.165, 1.54) is 7.11 Å². The maximum absolute atomic E-state index is 10.7. The number of carbonyl (C=O) groups is 2. The summed E-state index contributed by atoms with van der Waals surface area (Å²) in [6.07, 6.45) is 0.558. The van der Waals surface area contributed by atoms with Crippen LogP contribution in [-0.4, -0.2) is 24.4 Å². The van der Waals surface area contributed by atoms with E-state index >= 15 is 0 Å². The van der Waals surface area contributed by atoms with Crippen LogP contribution in [0.25, 0.3) is 0 Å². The molecule has 1 saturated carbocycles. The highest BCUT2D eigenvalue weighted by Crippen LogP contribution is 2.07. The number of nitrogens with zero attached hydrogens (tertiary/aromatic N) is 1. The van der Waals surface area contributed by atoms with E-state index in [2.05, 4.69) is 9.99 Å². The maximum Gasteiger partial charge on any atom is 0.188 e. The molecule has 0 atom stereocenters. The topological polar surface area (TPSA) is 55.7 Å². The molecular formula is C6H7NO3. The standard InChI is InChI=1S/C6H7NO3/c1-10-7-6-4(8)2-3-5(6)9/h2-3H2,1H3. The number of hydrogen-bond donors (Lipinski definition) is 0. The van der Waals surface area contributed by atoms with Gasteiger partial charge in [0, 0.05) is 12.8 Å². The number of rotatable bonds is 1. The molecular weight excluding hydrogens is 134 g/mol. The second kappa shape index (κ2) is 2.60. The number of hydrogen-bond acceptors (Lipinski definition) is 4. The van der Waals surface area contributed by atoms with Gasteiger partial charge in [0.1, 0.15) is 7.11 Å². The fourth-order valence-corrected chi connectivity index (χ4v) is 0.812. The minimum atomic E-state index is -0.216. The highest BCUT2D eigenvalue weighted by atomic mass is 16.6. The molecule has 0 aromatic rings. The number of carbonyl (C=O) groups excluding carboxylic acids is 2. The van der Waals surface area contributed by atoms with Crippen LogP contribution >= 0.6 is 0 Å². The zero-order valence-corrected chi connectivity index (χ0v) is 5.59. The highest BCUT2D eigenvalue weighted by Gasteiger charge is 2.28. The van der Waals surface area contributed by atoms with Gasteiger partial charge in [-0.2, -0.15) is 0 Å². The minimum Gasteiger partial charge on any atom is -0.398 e. The number of Topliss-reactive ketones (excluding diaryl/α,β-unsaturated/α-hetero) is 2. The first-order chi connectivity index (χ1) is 4.75. The molecule has 0 unspecified atom stereocenters. The summed E-state index contributed by atoms with van der Waals surface area (Å²) in [7, 11) is 1.31. The van der Waals surface area contributed by atoms with Crippen LogP contribution in [0.2, 0.25) is 0 Å². The molecule has 1 aliphatic carbocycles. The zero-order valence-electron chi connectivity index (χ0n) is 5.59. The average Bonchev–Trinajstić information content (AvgIpc) is 2.20. The van der Waals surface area contributed by atoms with E-state index in [9.17, 15) is 9.59 Å². The van der Waals surface area contributed by atoms with Crippen LogP contribution in [0.3, 0.4) is 0 Å². The Balaban J connectivity index is 2.82. The lowest BCUT2D eigenvalue weighted by Gasteiger charge is -1.88. The van der Waals surface area contributed by atoms with Gasteiger partial charge in [0.15, 0.2) is 17.3 Å². The summed E-state index contributed by atoms with van der Waals surface area (Å²) in [6, 6.07) is 0. The fourth-order valence-electron chi connectivity index (χ4n) is 0.812. The molecule has 1 aliphatic rings. The Morgan fingerprint density at radius 3 is 2.20 bits per heavy atom. The van der Waals surface area contributed by atoms with Crippen LogP contribution in [-0.2, 0) is 14.4 Å². The van der Waals surface area contributed by atoms with Crippen LogP contribution < -0.4 is 0 Å².